The molecule has 0 aliphatic carbocycles. The molecule has 1 aromatic rings. The summed E-state index contributed by atoms with van der Waals surface area (Å²) in [6.45, 7) is 1.62. The first-order valence-electron chi connectivity index (χ1n) is 5.61. The third-order valence-corrected chi connectivity index (χ3v) is 2.88. The number of primary amides is 1. The Kier molecular flexibility index (Phi) is 3.47. The lowest BCUT2D eigenvalue weighted by Gasteiger charge is -2.27. The van der Waals surface area contributed by atoms with Crippen LogP contribution in [0.15, 0.2) is 18.2 Å². The topological polar surface area (TPSA) is 98.6 Å². The number of hydrogen-bond donors (Lipinski definition) is 2. The van der Waals surface area contributed by atoms with E-state index in [4.69, 9.17) is 16.2 Å². The van der Waals surface area contributed by atoms with E-state index in [0.29, 0.717) is 30.9 Å². The van der Waals surface area contributed by atoms with Crippen LogP contribution in [0.1, 0.15) is 15.9 Å². The minimum absolute atomic E-state index is 0.0559. The number of nitrogen functional groups attached to an aromatic ring is 1. The Bertz CT molecular complexity index is 487. The molecule has 1 aliphatic heterocycles. The van der Waals surface area contributed by atoms with Crippen LogP contribution >= 0.6 is 0 Å². The smallest absolute Gasteiger partial charge is 0.248 e. The molecule has 1 heterocycles. The summed E-state index contributed by atoms with van der Waals surface area (Å²) in [7, 11) is 0. The first-order chi connectivity index (χ1) is 8.58. The number of carbonyl (C=O) groups excluding carboxylic acids is 2. The quantitative estimate of drug-likeness (QED) is 0.720. The maximum atomic E-state index is 11.6. The minimum Gasteiger partial charge on any atom is -0.398 e. The largest absolute Gasteiger partial charge is 0.398 e. The Morgan fingerprint density at radius 1 is 1.44 bits per heavy atom. The zero-order valence-corrected chi connectivity index (χ0v) is 9.89. The number of benzene rings is 1. The molecule has 96 valence electrons. The van der Waals surface area contributed by atoms with Gasteiger partial charge in [0.15, 0.2) is 0 Å². The summed E-state index contributed by atoms with van der Waals surface area (Å²) >= 11 is 0. The fraction of sp³-hybridized carbons (Fsp3) is 0.333. The van der Waals surface area contributed by atoms with Crippen LogP contribution in [0.2, 0.25) is 0 Å². The first-order valence-corrected chi connectivity index (χ1v) is 5.61. The van der Waals surface area contributed by atoms with Gasteiger partial charge in [0.05, 0.1) is 6.61 Å². The van der Waals surface area contributed by atoms with E-state index in [0.717, 1.165) is 5.56 Å². The highest BCUT2D eigenvalue weighted by atomic mass is 16.5. The number of rotatable bonds is 3. The van der Waals surface area contributed by atoms with Crippen LogP contribution < -0.4 is 11.5 Å². The maximum Gasteiger partial charge on any atom is 0.248 e. The first kappa shape index (κ1) is 12.4. The molecule has 0 atom stereocenters. The van der Waals surface area contributed by atoms with E-state index in [1.165, 1.54) is 6.07 Å². The van der Waals surface area contributed by atoms with Gasteiger partial charge in [-0.2, -0.15) is 0 Å². The Labute approximate surface area is 104 Å². The molecule has 0 unspecified atom stereocenters. The van der Waals surface area contributed by atoms with Crippen LogP contribution in [0, 0.1) is 0 Å². The molecule has 0 spiro atoms. The van der Waals surface area contributed by atoms with E-state index in [1.807, 2.05) is 0 Å². The van der Waals surface area contributed by atoms with E-state index in [1.54, 1.807) is 17.0 Å². The summed E-state index contributed by atoms with van der Waals surface area (Å²) < 4.78 is 5.05. The molecule has 1 saturated heterocycles. The number of ether oxygens (including phenoxy) is 1. The zero-order chi connectivity index (χ0) is 13.1. The lowest BCUT2D eigenvalue weighted by Crippen LogP contribution is -2.41. The van der Waals surface area contributed by atoms with Crippen molar-refractivity contribution in [1.29, 1.82) is 0 Å². The molecule has 6 heteroatoms. The SMILES string of the molecule is NC(=O)c1ccc(CN2CCOCC2=O)c(N)c1. The van der Waals surface area contributed by atoms with Gasteiger partial charge >= 0.3 is 0 Å². The number of hydrogen-bond acceptors (Lipinski definition) is 4. The van der Waals surface area contributed by atoms with Crippen molar-refractivity contribution in [3.05, 3.63) is 29.3 Å². The van der Waals surface area contributed by atoms with Gasteiger partial charge in [-0.3, -0.25) is 9.59 Å². The van der Waals surface area contributed by atoms with Gasteiger partial charge in [0.25, 0.3) is 0 Å². The number of amides is 2. The van der Waals surface area contributed by atoms with Crippen molar-refractivity contribution >= 4 is 17.5 Å². The fourth-order valence-corrected chi connectivity index (χ4v) is 1.82. The van der Waals surface area contributed by atoms with E-state index < -0.39 is 5.91 Å². The minimum atomic E-state index is -0.518. The molecular formula is C12H15N3O3. The molecular weight excluding hydrogens is 234 g/mol. The summed E-state index contributed by atoms with van der Waals surface area (Å²) in [5.74, 6) is -0.574. The highest BCUT2D eigenvalue weighted by Gasteiger charge is 2.19. The van der Waals surface area contributed by atoms with Gasteiger partial charge in [-0.25, -0.2) is 0 Å². The Morgan fingerprint density at radius 2 is 2.22 bits per heavy atom. The van der Waals surface area contributed by atoms with Gasteiger partial charge in [-0.15, -0.1) is 0 Å². The van der Waals surface area contributed by atoms with Crippen LogP contribution in [0.5, 0.6) is 0 Å². The molecule has 2 amide bonds. The van der Waals surface area contributed by atoms with Gasteiger partial charge < -0.3 is 21.1 Å². The molecule has 1 aromatic carbocycles. The predicted octanol–water partition coefficient (Wildman–Crippen LogP) is -0.274. The number of nitrogens with zero attached hydrogens (tertiary/aromatic N) is 1. The van der Waals surface area contributed by atoms with Crippen molar-refractivity contribution in [2.45, 2.75) is 6.54 Å². The molecule has 18 heavy (non-hydrogen) atoms. The van der Waals surface area contributed by atoms with Crippen molar-refractivity contribution < 1.29 is 14.3 Å². The summed E-state index contributed by atoms with van der Waals surface area (Å²) in [6.07, 6.45) is 0. The molecule has 2 rings (SSSR count). The molecule has 0 saturated carbocycles. The van der Waals surface area contributed by atoms with Gasteiger partial charge in [0, 0.05) is 24.3 Å². The average Bonchev–Trinajstić information content (AvgIpc) is 2.34. The van der Waals surface area contributed by atoms with Crippen molar-refractivity contribution in [3.8, 4) is 0 Å². The van der Waals surface area contributed by atoms with Gasteiger partial charge in [0.2, 0.25) is 11.8 Å². The van der Waals surface area contributed by atoms with Gasteiger partial charge in [-0.1, -0.05) is 6.07 Å². The number of anilines is 1. The van der Waals surface area contributed by atoms with E-state index in [9.17, 15) is 9.59 Å². The lowest BCUT2D eigenvalue weighted by molar-refractivity contribution is -0.143. The molecule has 0 bridgehead atoms. The molecule has 6 nitrogen and oxygen atoms in total. The molecule has 4 N–H and O–H groups in total. The van der Waals surface area contributed by atoms with E-state index >= 15 is 0 Å². The monoisotopic (exact) mass is 249 g/mol. The Hall–Kier alpha value is -2.08. The van der Waals surface area contributed by atoms with Gasteiger partial charge in [0.1, 0.15) is 6.61 Å². The van der Waals surface area contributed by atoms with E-state index in [2.05, 4.69) is 0 Å². The van der Waals surface area contributed by atoms with E-state index in [-0.39, 0.29) is 12.5 Å². The number of morpholine rings is 1. The highest BCUT2D eigenvalue weighted by Crippen LogP contribution is 2.17. The van der Waals surface area contributed by atoms with Crippen LogP contribution in [0.4, 0.5) is 5.69 Å². The second-order valence-corrected chi connectivity index (χ2v) is 4.15. The molecule has 0 aromatic heterocycles. The highest BCUT2D eigenvalue weighted by molar-refractivity contribution is 5.93. The van der Waals surface area contributed by atoms with Crippen molar-refractivity contribution in [1.82, 2.24) is 4.90 Å². The normalized spacial score (nSPS) is 15.8. The lowest BCUT2D eigenvalue weighted by atomic mass is 10.1. The Morgan fingerprint density at radius 3 is 2.83 bits per heavy atom. The molecule has 0 radical (unpaired) electrons. The average molecular weight is 249 g/mol. The van der Waals surface area contributed by atoms with Crippen molar-refractivity contribution in [2.24, 2.45) is 5.73 Å². The van der Waals surface area contributed by atoms with Crippen LogP contribution in [-0.4, -0.2) is 36.5 Å². The van der Waals surface area contributed by atoms with Crippen LogP contribution in [0.3, 0.4) is 0 Å². The summed E-state index contributed by atoms with van der Waals surface area (Å²) in [5.41, 5.74) is 12.6. The Balaban J connectivity index is 2.14. The van der Waals surface area contributed by atoms with Crippen LogP contribution in [-0.2, 0) is 16.1 Å². The summed E-state index contributed by atoms with van der Waals surface area (Å²) in [6, 6.07) is 4.86. The van der Waals surface area contributed by atoms with Crippen molar-refractivity contribution in [3.63, 3.8) is 0 Å². The predicted molar refractivity (Wildman–Crippen MR) is 65.6 cm³/mol. The molecule has 1 aliphatic rings. The number of carbonyl (C=O) groups is 2. The molecule has 1 fully saturated rings. The summed E-state index contributed by atoms with van der Waals surface area (Å²) in [4.78, 5) is 24.2. The second kappa shape index (κ2) is 5.05. The van der Waals surface area contributed by atoms with Crippen LogP contribution in [0.25, 0.3) is 0 Å². The number of nitrogens with two attached hydrogens (primary N) is 2. The summed E-state index contributed by atoms with van der Waals surface area (Å²) in [5, 5.41) is 0. The third-order valence-electron chi connectivity index (χ3n) is 2.88. The standard InChI is InChI=1S/C12H15N3O3/c13-10-5-8(12(14)17)1-2-9(10)6-15-3-4-18-7-11(15)16/h1-2,5H,3-4,6-7,13H2,(H2,14,17). The van der Waals surface area contributed by atoms with Gasteiger partial charge in [-0.05, 0) is 17.7 Å². The third kappa shape index (κ3) is 2.60. The van der Waals surface area contributed by atoms with Crippen molar-refractivity contribution in [2.75, 3.05) is 25.5 Å². The second-order valence-electron chi connectivity index (χ2n) is 4.15. The fourth-order valence-electron chi connectivity index (χ4n) is 1.82. The maximum absolute atomic E-state index is 11.6. The zero-order valence-electron chi connectivity index (χ0n) is 9.89.